The molecule has 0 radical (unpaired) electrons. The first-order valence-corrected chi connectivity index (χ1v) is 8.38. The molecule has 7 nitrogen and oxygen atoms in total. The number of amides is 1. The summed E-state index contributed by atoms with van der Waals surface area (Å²) in [5.41, 5.74) is 7.61. The summed E-state index contributed by atoms with van der Waals surface area (Å²) in [6.45, 7) is 1.74. The molecule has 0 aliphatic carbocycles. The summed E-state index contributed by atoms with van der Waals surface area (Å²) < 4.78 is 15.3. The van der Waals surface area contributed by atoms with Crippen molar-refractivity contribution >= 4 is 30.0 Å². The molecule has 0 fully saturated rings. The molecule has 0 aromatic heterocycles. The largest absolute Gasteiger partial charge is 0.493 e. The van der Waals surface area contributed by atoms with E-state index in [-0.39, 0.29) is 23.9 Å². The Morgan fingerprint density at radius 1 is 1.04 bits per heavy atom. The van der Waals surface area contributed by atoms with Crippen molar-refractivity contribution < 1.29 is 23.8 Å². The Morgan fingerprint density at radius 2 is 1.68 bits per heavy atom. The minimum Gasteiger partial charge on any atom is -0.493 e. The first-order chi connectivity index (χ1) is 12.9. The van der Waals surface area contributed by atoms with E-state index in [9.17, 15) is 9.59 Å². The second kappa shape index (κ2) is 10.5. The van der Waals surface area contributed by atoms with Crippen LogP contribution >= 0.6 is 12.4 Å². The van der Waals surface area contributed by atoms with Crippen LogP contribution in [0.2, 0.25) is 0 Å². The fourth-order valence-electron chi connectivity index (χ4n) is 2.67. The lowest BCUT2D eigenvalue weighted by molar-refractivity contribution is -0.120. The van der Waals surface area contributed by atoms with E-state index in [1.54, 1.807) is 6.92 Å². The van der Waals surface area contributed by atoms with Crippen molar-refractivity contribution in [3.8, 4) is 11.5 Å². The van der Waals surface area contributed by atoms with Gasteiger partial charge in [-0.25, -0.2) is 4.79 Å². The third kappa shape index (κ3) is 5.15. The maximum absolute atomic E-state index is 12.7. The van der Waals surface area contributed by atoms with Crippen LogP contribution in [0.4, 0.5) is 5.69 Å². The Bertz CT molecular complexity index is 814. The van der Waals surface area contributed by atoms with Gasteiger partial charge >= 0.3 is 5.97 Å². The monoisotopic (exact) mass is 408 g/mol. The molecule has 0 saturated carbocycles. The fourth-order valence-corrected chi connectivity index (χ4v) is 2.67. The predicted octanol–water partition coefficient (Wildman–Crippen LogP) is 3.19. The molecule has 2 unspecified atom stereocenters. The van der Waals surface area contributed by atoms with Gasteiger partial charge in [-0.15, -0.1) is 12.4 Å². The van der Waals surface area contributed by atoms with E-state index in [1.165, 1.54) is 33.5 Å². The summed E-state index contributed by atoms with van der Waals surface area (Å²) in [5, 5.41) is 2.77. The number of ether oxygens (including phenoxy) is 3. The topological polar surface area (TPSA) is 99.9 Å². The SMILES string of the molecule is COC(=O)c1cc(NC(=O)C(C)C(N)c2ccccc2)c(OC)c(OC)c1.Cl. The number of hydrogen-bond donors (Lipinski definition) is 2. The van der Waals surface area contributed by atoms with Crippen LogP contribution in [0.1, 0.15) is 28.9 Å². The second-order valence-electron chi connectivity index (χ2n) is 5.97. The molecule has 0 spiro atoms. The Morgan fingerprint density at radius 3 is 2.21 bits per heavy atom. The summed E-state index contributed by atoms with van der Waals surface area (Å²) in [6, 6.07) is 11.8. The normalized spacial score (nSPS) is 12.2. The van der Waals surface area contributed by atoms with Gasteiger partial charge in [0.25, 0.3) is 0 Å². The number of carbonyl (C=O) groups is 2. The van der Waals surface area contributed by atoms with Crippen LogP contribution in [-0.2, 0) is 9.53 Å². The second-order valence-corrected chi connectivity index (χ2v) is 5.97. The number of esters is 1. The quantitative estimate of drug-likeness (QED) is 0.682. The van der Waals surface area contributed by atoms with Crippen LogP contribution in [0.25, 0.3) is 0 Å². The third-order valence-electron chi connectivity index (χ3n) is 4.29. The van der Waals surface area contributed by atoms with Crippen molar-refractivity contribution in [1.82, 2.24) is 0 Å². The van der Waals surface area contributed by atoms with Crippen LogP contribution < -0.4 is 20.5 Å². The van der Waals surface area contributed by atoms with Crippen LogP contribution in [0.15, 0.2) is 42.5 Å². The van der Waals surface area contributed by atoms with Crippen molar-refractivity contribution in [2.75, 3.05) is 26.6 Å². The highest BCUT2D eigenvalue weighted by Gasteiger charge is 2.25. The number of benzene rings is 2. The van der Waals surface area contributed by atoms with Gasteiger partial charge in [0.2, 0.25) is 5.91 Å². The molecule has 2 rings (SSSR count). The average molecular weight is 409 g/mol. The number of rotatable bonds is 7. The molecule has 8 heteroatoms. The van der Waals surface area contributed by atoms with Crippen LogP contribution in [0, 0.1) is 5.92 Å². The lowest BCUT2D eigenvalue weighted by Crippen LogP contribution is -2.30. The standard InChI is InChI=1S/C20H24N2O5.ClH/c1-12(17(21)13-8-6-5-7-9-13)19(23)22-15-10-14(20(24)27-4)11-16(25-2)18(15)26-3;/h5-12,17H,21H2,1-4H3,(H,22,23);1H. The van der Waals surface area contributed by atoms with Gasteiger partial charge in [-0.1, -0.05) is 37.3 Å². The first kappa shape index (κ1) is 23.3. The molecule has 3 N–H and O–H groups in total. The van der Waals surface area contributed by atoms with Gasteiger partial charge in [-0.3, -0.25) is 4.79 Å². The van der Waals surface area contributed by atoms with Gasteiger partial charge in [0, 0.05) is 6.04 Å². The molecule has 152 valence electrons. The van der Waals surface area contributed by atoms with E-state index >= 15 is 0 Å². The number of nitrogens with one attached hydrogen (secondary N) is 1. The molecular weight excluding hydrogens is 384 g/mol. The maximum atomic E-state index is 12.7. The summed E-state index contributed by atoms with van der Waals surface area (Å²) in [7, 11) is 4.17. The van der Waals surface area contributed by atoms with Crippen molar-refractivity contribution in [2.45, 2.75) is 13.0 Å². The van der Waals surface area contributed by atoms with Crippen molar-refractivity contribution in [1.29, 1.82) is 0 Å². The zero-order valence-electron chi connectivity index (χ0n) is 16.2. The van der Waals surface area contributed by atoms with Gasteiger partial charge < -0.3 is 25.3 Å². The molecule has 2 aromatic rings. The molecule has 0 aliphatic rings. The number of methoxy groups -OCH3 is 3. The molecule has 0 bridgehead atoms. The van der Waals surface area contributed by atoms with Crippen molar-refractivity contribution in [2.24, 2.45) is 11.7 Å². The molecular formula is C20H25ClN2O5. The van der Waals surface area contributed by atoms with Crippen molar-refractivity contribution in [3.05, 3.63) is 53.6 Å². The van der Waals surface area contributed by atoms with E-state index in [4.69, 9.17) is 19.9 Å². The number of hydrogen-bond acceptors (Lipinski definition) is 6. The van der Waals surface area contributed by atoms with E-state index < -0.39 is 17.9 Å². The highest BCUT2D eigenvalue weighted by molar-refractivity contribution is 5.98. The van der Waals surface area contributed by atoms with Crippen molar-refractivity contribution in [3.63, 3.8) is 0 Å². The van der Waals surface area contributed by atoms with E-state index in [0.717, 1.165) is 5.56 Å². The van der Waals surface area contributed by atoms with Gasteiger partial charge in [0.15, 0.2) is 11.5 Å². The molecule has 28 heavy (non-hydrogen) atoms. The molecule has 2 aromatic carbocycles. The minimum atomic E-state index is -0.555. The van der Waals surface area contributed by atoms with Crippen LogP contribution in [0.3, 0.4) is 0 Å². The van der Waals surface area contributed by atoms with Gasteiger partial charge in [-0.2, -0.15) is 0 Å². The lowest BCUT2D eigenvalue weighted by Gasteiger charge is -2.21. The summed E-state index contributed by atoms with van der Waals surface area (Å²) in [5.74, 6) is -0.784. The van der Waals surface area contributed by atoms with Crippen LogP contribution in [0.5, 0.6) is 11.5 Å². The molecule has 0 aliphatic heterocycles. The zero-order chi connectivity index (χ0) is 20.0. The lowest BCUT2D eigenvalue weighted by atomic mass is 9.94. The number of halogens is 1. The Hall–Kier alpha value is -2.77. The summed E-state index contributed by atoms with van der Waals surface area (Å²) >= 11 is 0. The first-order valence-electron chi connectivity index (χ1n) is 8.38. The summed E-state index contributed by atoms with van der Waals surface area (Å²) in [6.07, 6.45) is 0. The fraction of sp³-hybridized carbons (Fsp3) is 0.300. The van der Waals surface area contributed by atoms with Gasteiger partial charge in [0.05, 0.1) is 38.5 Å². The minimum absolute atomic E-state index is 0. The number of nitrogens with two attached hydrogens (primary N) is 1. The smallest absolute Gasteiger partial charge is 0.338 e. The molecule has 0 saturated heterocycles. The summed E-state index contributed by atoms with van der Waals surface area (Å²) in [4.78, 5) is 24.6. The molecule has 2 atom stereocenters. The number of anilines is 1. The van der Waals surface area contributed by atoms with Gasteiger partial charge in [0.1, 0.15) is 0 Å². The highest BCUT2D eigenvalue weighted by Crippen LogP contribution is 2.37. The Balaban J connectivity index is 0.00000392. The zero-order valence-corrected chi connectivity index (χ0v) is 17.0. The predicted molar refractivity (Wildman–Crippen MR) is 109 cm³/mol. The molecule has 1 amide bonds. The van der Waals surface area contributed by atoms with E-state index in [2.05, 4.69) is 5.32 Å². The van der Waals surface area contributed by atoms with Gasteiger partial charge in [-0.05, 0) is 17.7 Å². The third-order valence-corrected chi connectivity index (χ3v) is 4.29. The van der Waals surface area contributed by atoms with E-state index in [1.807, 2.05) is 30.3 Å². The maximum Gasteiger partial charge on any atom is 0.338 e. The van der Waals surface area contributed by atoms with E-state index in [0.29, 0.717) is 17.2 Å². The highest BCUT2D eigenvalue weighted by atomic mass is 35.5. The Labute approximate surface area is 170 Å². The average Bonchev–Trinajstić information content (AvgIpc) is 2.71. The Kier molecular flexibility index (Phi) is 8.76. The number of carbonyl (C=O) groups excluding carboxylic acids is 2. The van der Waals surface area contributed by atoms with Crippen LogP contribution in [-0.4, -0.2) is 33.2 Å². The molecule has 0 heterocycles.